The first kappa shape index (κ1) is 14.4. The molecular formula is C18H29N. The SMILES string of the molecule is CCC(C)c1ccc(NC2CCCCC2(C)C)cc1. The van der Waals surface area contributed by atoms with Gasteiger partial charge in [-0.1, -0.05) is 52.7 Å². The minimum absolute atomic E-state index is 0.424. The third-order valence-corrected chi connectivity index (χ3v) is 4.94. The fraction of sp³-hybridized carbons (Fsp3) is 0.667. The van der Waals surface area contributed by atoms with Gasteiger partial charge in [0, 0.05) is 11.7 Å². The van der Waals surface area contributed by atoms with Crippen molar-refractivity contribution in [2.24, 2.45) is 5.41 Å². The summed E-state index contributed by atoms with van der Waals surface area (Å²) in [5.74, 6) is 0.667. The summed E-state index contributed by atoms with van der Waals surface area (Å²) >= 11 is 0. The molecule has 0 bridgehead atoms. The zero-order chi connectivity index (χ0) is 13.9. The van der Waals surface area contributed by atoms with Gasteiger partial charge in [0.1, 0.15) is 0 Å². The maximum atomic E-state index is 3.76. The lowest BCUT2D eigenvalue weighted by atomic mass is 9.73. The summed E-state index contributed by atoms with van der Waals surface area (Å²) in [5.41, 5.74) is 3.16. The largest absolute Gasteiger partial charge is 0.382 e. The summed E-state index contributed by atoms with van der Waals surface area (Å²) in [7, 11) is 0. The highest BCUT2D eigenvalue weighted by Gasteiger charge is 2.31. The summed E-state index contributed by atoms with van der Waals surface area (Å²) in [6, 6.07) is 9.70. The number of anilines is 1. The van der Waals surface area contributed by atoms with Crippen LogP contribution in [0.4, 0.5) is 5.69 Å². The predicted octanol–water partition coefficient (Wildman–Crippen LogP) is 5.58. The minimum Gasteiger partial charge on any atom is -0.382 e. The summed E-state index contributed by atoms with van der Waals surface area (Å²) in [6.07, 6.45) is 6.61. The minimum atomic E-state index is 0.424. The predicted molar refractivity (Wildman–Crippen MR) is 84.8 cm³/mol. The molecule has 1 saturated carbocycles. The van der Waals surface area contributed by atoms with Crippen LogP contribution < -0.4 is 5.32 Å². The molecule has 2 atom stereocenters. The molecule has 2 rings (SSSR count). The summed E-state index contributed by atoms with van der Waals surface area (Å²) < 4.78 is 0. The first-order valence-corrected chi connectivity index (χ1v) is 7.89. The number of hydrogen-bond acceptors (Lipinski definition) is 1. The van der Waals surface area contributed by atoms with Gasteiger partial charge in [-0.3, -0.25) is 0 Å². The highest BCUT2D eigenvalue weighted by molar-refractivity contribution is 5.46. The van der Waals surface area contributed by atoms with Gasteiger partial charge in [0.2, 0.25) is 0 Å². The van der Waals surface area contributed by atoms with E-state index in [1.54, 1.807) is 0 Å². The van der Waals surface area contributed by atoms with E-state index in [-0.39, 0.29) is 0 Å². The topological polar surface area (TPSA) is 12.0 Å². The Morgan fingerprint density at radius 2 is 1.89 bits per heavy atom. The molecule has 1 aromatic rings. The maximum absolute atomic E-state index is 3.76. The Kier molecular flexibility index (Phi) is 4.54. The molecule has 19 heavy (non-hydrogen) atoms. The highest BCUT2D eigenvalue weighted by atomic mass is 14.9. The molecule has 1 aliphatic carbocycles. The van der Waals surface area contributed by atoms with Crippen molar-refractivity contribution in [2.75, 3.05) is 5.32 Å². The second-order valence-electron chi connectivity index (χ2n) is 6.86. The average Bonchev–Trinajstić information content (AvgIpc) is 2.41. The Balaban J connectivity index is 2.03. The van der Waals surface area contributed by atoms with Crippen LogP contribution in [-0.4, -0.2) is 6.04 Å². The molecule has 0 spiro atoms. The van der Waals surface area contributed by atoms with E-state index < -0.39 is 0 Å². The molecule has 1 aliphatic rings. The van der Waals surface area contributed by atoms with Gasteiger partial charge in [-0.05, 0) is 48.3 Å². The van der Waals surface area contributed by atoms with Gasteiger partial charge in [0.25, 0.3) is 0 Å². The number of benzene rings is 1. The average molecular weight is 259 g/mol. The zero-order valence-corrected chi connectivity index (χ0v) is 13.0. The molecule has 1 nitrogen and oxygen atoms in total. The second-order valence-corrected chi connectivity index (χ2v) is 6.86. The van der Waals surface area contributed by atoms with Gasteiger partial charge in [0.05, 0.1) is 0 Å². The van der Waals surface area contributed by atoms with Crippen LogP contribution >= 0.6 is 0 Å². The fourth-order valence-corrected chi connectivity index (χ4v) is 3.11. The molecule has 1 N–H and O–H groups in total. The smallest absolute Gasteiger partial charge is 0.0342 e. The highest BCUT2D eigenvalue weighted by Crippen LogP contribution is 2.37. The molecule has 0 aliphatic heterocycles. The van der Waals surface area contributed by atoms with Gasteiger partial charge in [-0.15, -0.1) is 0 Å². The van der Waals surface area contributed by atoms with Crippen molar-refractivity contribution in [1.82, 2.24) is 0 Å². The van der Waals surface area contributed by atoms with E-state index in [9.17, 15) is 0 Å². The van der Waals surface area contributed by atoms with Crippen LogP contribution in [-0.2, 0) is 0 Å². The van der Waals surface area contributed by atoms with E-state index in [1.165, 1.54) is 43.4 Å². The first-order chi connectivity index (χ1) is 9.03. The molecule has 1 aromatic carbocycles. The second kappa shape index (κ2) is 5.98. The molecule has 0 heterocycles. The standard InChI is InChI=1S/C18H29N/c1-5-14(2)15-9-11-16(12-10-15)19-17-8-6-7-13-18(17,3)4/h9-12,14,17,19H,5-8,13H2,1-4H3. The number of rotatable bonds is 4. The number of nitrogens with one attached hydrogen (secondary N) is 1. The van der Waals surface area contributed by atoms with Crippen LogP contribution in [0.25, 0.3) is 0 Å². The third-order valence-electron chi connectivity index (χ3n) is 4.94. The van der Waals surface area contributed by atoms with E-state index in [0.717, 1.165) is 0 Å². The first-order valence-electron chi connectivity index (χ1n) is 7.89. The summed E-state index contributed by atoms with van der Waals surface area (Å²) in [4.78, 5) is 0. The van der Waals surface area contributed by atoms with E-state index in [1.807, 2.05) is 0 Å². The monoisotopic (exact) mass is 259 g/mol. The van der Waals surface area contributed by atoms with Crippen LogP contribution in [0.1, 0.15) is 71.3 Å². The maximum Gasteiger partial charge on any atom is 0.0342 e. The molecule has 1 fully saturated rings. The molecule has 0 saturated heterocycles. The Hall–Kier alpha value is -0.980. The van der Waals surface area contributed by atoms with Crippen LogP contribution in [0.15, 0.2) is 24.3 Å². The summed E-state index contributed by atoms with van der Waals surface area (Å²) in [5, 5.41) is 3.76. The van der Waals surface area contributed by atoms with Gasteiger partial charge >= 0.3 is 0 Å². The van der Waals surface area contributed by atoms with Crippen LogP contribution in [0, 0.1) is 5.41 Å². The van der Waals surface area contributed by atoms with E-state index in [0.29, 0.717) is 17.4 Å². The normalized spacial score (nSPS) is 23.9. The zero-order valence-electron chi connectivity index (χ0n) is 13.0. The van der Waals surface area contributed by atoms with Crippen molar-refractivity contribution >= 4 is 5.69 Å². The van der Waals surface area contributed by atoms with Crippen LogP contribution in [0.5, 0.6) is 0 Å². The lowest BCUT2D eigenvalue weighted by Crippen LogP contribution is -2.38. The third kappa shape index (κ3) is 3.52. The molecule has 2 unspecified atom stereocenters. The van der Waals surface area contributed by atoms with Gasteiger partial charge in [-0.2, -0.15) is 0 Å². The van der Waals surface area contributed by atoms with Crippen molar-refractivity contribution in [3.05, 3.63) is 29.8 Å². The van der Waals surface area contributed by atoms with Crippen LogP contribution in [0.2, 0.25) is 0 Å². The quantitative estimate of drug-likeness (QED) is 0.744. The van der Waals surface area contributed by atoms with E-state index in [4.69, 9.17) is 0 Å². The Labute approximate surface area is 118 Å². The summed E-state index contributed by atoms with van der Waals surface area (Å²) in [6.45, 7) is 9.35. The molecular weight excluding hydrogens is 230 g/mol. The molecule has 0 radical (unpaired) electrons. The number of hydrogen-bond donors (Lipinski definition) is 1. The Bertz CT molecular complexity index is 391. The fourth-order valence-electron chi connectivity index (χ4n) is 3.11. The van der Waals surface area contributed by atoms with Crippen molar-refractivity contribution < 1.29 is 0 Å². The molecule has 0 aromatic heterocycles. The Morgan fingerprint density at radius 1 is 1.21 bits per heavy atom. The van der Waals surface area contributed by atoms with Crippen molar-refractivity contribution in [3.8, 4) is 0 Å². The lowest BCUT2D eigenvalue weighted by molar-refractivity contribution is 0.217. The van der Waals surface area contributed by atoms with Gasteiger partial charge in [0.15, 0.2) is 0 Å². The van der Waals surface area contributed by atoms with Crippen LogP contribution in [0.3, 0.4) is 0 Å². The van der Waals surface area contributed by atoms with E-state index in [2.05, 4.69) is 57.3 Å². The van der Waals surface area contributed by atoms with Crippen molar-refractivity contribution in [2.45, 2.75) is 71.8 Å². The Morgan fingerprint density at radius 3 is 2.47 bits per heavy atom. The molecule has 1 heteroatoms. The van der Waals surface area contributed by atoms with Gasteiger partial charge < -0.3 is 5.32 Å². The molecule has 106 valence electrons. The lowest BCUT2D eigenvalue weighted by Gasteiger charge is -2.39. The van der Waals surface area contributed by atoms with Crippen molar-refractivity contribution in [3.63, 3.8) is 0 Å². The van der Waals surface area contributed by atoms with Gasteiger partial charge in [-0.25, -0.2) is 0 Å². The van der Waals surface area contributed by atoms with E-state index >= 15 is 0 Å². The van der Waals surface area contributed by atoms with Crippen molar-refractivity contribution in [1.29, 1.82) is 0 Å². The molecule has 0 amide bonds.